The number of hydrogen-bond donors (Lipinski definition) is 1. The molecular formula is C16H32N2. The third kappa shape index (κ3) is 4.24. The molecule has 0 aromatic rings. The Morgan fingerprint density at radius 3 is 2.50 bits per heavy atom. The molecule has 18 heavy (non-hydrogen) atoms. The first-order chi connectivity index (χ1) is 8.79. The van der Waals surface area contributed by atoms with Gasteiger partial charge in [0.15, 0.2) is 0 Å². The predicted octanol–water partition coefficient (Wildman–Crippen LogP) is 3.28. The monoisotopic (exact) mass is 252 g/mol. The SMILES string of the molecule is CCCN(CC1CCCNC1)C(C)CC1CCC1. The zero-order chi connectivity index (χ0) is 12.8. The Morgan fingerprint density at radius 2 is 1.94 bits per heavy atom. The van der Waals surface area contributed by atoms with Gasteiger partial charge in [-0.3, -0.25) is 0 Å². The lowest BCUT2D eigenvalue weighted by atomic mass is 9.80. The van der Waals surface area contributed by atoms with Crippen molar-refractivity contribution in [2.75, 3.05) is 26.2 Å². The summed E-state index contributed by atoms with van der Waals surface area (Å²) in [6.45, 7) is 9.89. The molecule has 1 aliphatic carbocycles. The van der Waals surface area contributed by atoms with Crippen molar-refractivity contribution in [1.29, 1.82) is 0 Å². The van der Waals surface area contributed by atoms with E-state index in [-0.39, 0.29) is 0 Å². The van der Waals surface area contributed by atoms with E-state index in [4.69, 9.17) is 0 Å². The average Bonchev–Trinajstić information content (AvgIpc) is 2.34. The van der Waals surface area contributed by atoms with Crippen LogP contribution in [-0.4, -0.2) is 37.1 Å². The zero-order valence-corrected chi connectivity index (χ0v) is 12.5. The molecule has 2 rings (SSSR count). The van der Waals surface area contributed by atoms with Crippen LogP contribution in [0.5, 0.6) is 0 Å². The highest BCUT2D eigenvalue weighted by molar-refractivity contribution is 4.80. The van der Waals surface area contributed by atoms with Gasteiger partial charge in [0.05, 0.1) is 0 Å². The van der Waals surface area contributed by atoms with Crippen molar-refractivity contribution < 1.29 is 0 Å². The average molecular weight is 252 g/mol. The molecule has 0 amide bonds. The molecule has 1 aliphatic heterocycles. The summed E-state index contributed by atoms with van der Waals surface area (Å²) in [7, 11) is 0. The van der Waals surface area contributed by atoms with Gasteiger partial charge in [-0.05, 0) is 64.1 Å². The van der Waals surface area contributed by atoms with E-state index in [1.807, 2.05) is 0 Å². The summed E-state index contributed by atoms with van der Waals surface area (Å²) in [5.74, 6) is 1.94. The van der Waals surface area contributed by atoms with Crippen molar-refractivity contribution >= 4 is 0 Å². The third-order valence-corrected chi connectivity index (χ3v) is 4.93. The standard InChI is InChI=1S/C16H32N2/c1-3-10-18(13-16-8-5-9-17-12-16)14(2)11-15-6-4-7-15/h14-17H,3-13H2,1-2H3. The van der Waals surface area contributed by atoms with Gasteiger partial charge in [-0.15, -0.1) is 0 Å². The number of rotatable bonds is 7. The molecule has 0 aromatic heterocycles. The van der Waals surface area contributed by atoms with Crippen LogP contribution in [0.3, 0.4) is 0 Å². The molecule has 2 atom stereocenters. The second-order valence-corrected chi connectivity index (χ2v) is 6.59. The van der Waals surface area contributed by atoms with Crippen LogP contribution in [0.2, 0.25) is 0 Å². The molecule has 0 radical (unpaired) electrons. The third-order valence-electron chi connectivity index (χ3n) is 4.93. The van der Waals surface area contributed by atoms with E-state index in [0.29, 0.717) is 0 Å². The van der Waals surface area contributed by atoms with E-state index >= 15 is 0 Å². The van der Waals surface area contributed by atoms with Crippen LogP contribution in [0.15, 0.2) is 0 Å². The quantitative estimate of drug-likeness (QED) is 0.748. The van der Waals surface area contributed by atoms with Crippen LogP contribution in [0.25, 0.3) is 0 Å². The lowest BCUT2D eigenvalue weighted by molar-refractivity contribution is 0.127. The fourth-order valence-corrected chi connectivity index (χ4v) is 3.55. The van der Waals surface area contributed by atoms with Gasteiger partial charge in [-0.1, -0.05) is 26.2 Å². The lowest BCUT2D eigenvalue weighted by Crippen LogP contribution is -2.43. The maximum Gasteiger partial charge on any atom is 0.00696 e. The van der Waals surface area contributed by atoms with Gasteiger partial charge in [-0.2, -0.15) is 0 Å². The van der Waals surface area contributed by atoms with Crippen molar-refractivity contribution in [3.8, 4) is 0 Å². The van der Waals surface area contributed by atoms with Crippen LogP contribution in [-0.2, 0) is 0 Å². The van der Waals surface area contributed by atoms with Crippen LogP contribution >= 0.6 is 0 Å². The van der Waals surface area contributed by atoms with Gasteiger partial charge >= 0.3 is 0 Å². The fourth-order valence-electron chi connectivity index (χ4n) is 3.55. The minimum Gasteiger partial charge on any atom is -0.316 e. The predicted molar refractivity (Wildman–Crippen MR) is 78.9 cm³/mol. The van der Waals surface area contributed by atoms with Gasteiger partial charge < -0.3 is 10.2 Å². The second-order valence-electron chi connectivity index (χ2n) is 6.59. The maximum absolute atomic E-state index is 3.56. The topological polar surface area (TPSA) is 15.3 Å². The molecule has 1 saturated heterocycles. The summed E-state index contributed by atoms with van der Waals surface area (Å²) >= 11 is 0. The Morgan fingerprint density at radius 1 is 1.17 bits per heavy atom. The summed E-state index contributed by atoms with van der Waals surface area (Å²) in [5, 5.41) is 3.56. The van der Waals surface area contributed by atoms with Crippen LogP contribution in [0.1, 0.15) is 58.8 Å². The van der Waals surface area contributed by atoms with Gasteiger partial charge in [0, 0.05) is 12.6 Å². The Kier molecular flexibility index (Phi) is 5.97. The summed E-state index contributed by atoms with van der Waals surface area (Å²) in [6.07, 6.45) is 10.0. The van der Waals surface area contributed by atoms with Crippen LogP contribution in [0.4, 0.5) is 0 Å². The molecule has 2 unspecified atom stereocenters. The smallest absolute Gasteiger partial charge is 0.00696 e. The number of piperidine rings is 1. The van der Waals surface area contributed by atoms with Crippen LogP contribution < -0.4 is 5.32 Å². The largest absolute Gasteiger partial charge is 0.316 e. The summed E-state index contributed by atoms with van der Waals surface area (Å²) in [5.41, 5.74) is 0. The number of hydrogen-bond acceptors (Lipinski definition) is 2. The summed E-state index contributed by atoms with van der Waals surface area (Å²) in [4.78, 5) is 2.77. The molecule has 1 heterocycles. The van der Waals surface area contributed by atoms with Gasteiger partial charge in [-0.25, -0.2) is 0 Å². The second kappa shape index (κ2) is 7.49. The van der Waals surface area contributed by atoms with Crippen molar-refractivity contribution in [2.45, 2.75) is 64.8 Å². The Labute approximate surface area is 114 Å². The first kappa shape index (κ1) is 14.3. The lowest BCUT2D eigenvalue weighted by Gasteiger charge is -2.37. The van der Waals surface area contributed by atoms with Crippen LogP contribution in [0, 0.1) is 11.8 Å². The molecule has 1 saturated carbocycles. The minimum atomic E-state index is 0.803. The van der Waals surface area contributed by atoms with Crippen molar-refractivity contribution in [2.24, 2.45) is 11.8 Å². The molecule has 2 nitrogen and oxygen atoms in total. The highest BCUT2D eigenvalue weighted by Crippen LogP contribution is 2.31. The Balaban J connectivity index is 1.76. The molecule has 1 N–H and O–H groups in total. The molecule has 0 spiro atoms. The molecule has 0 bridgehead atoms. The number of nitrogens with one attached hydrogen (secondary N) is 1. The normalized spacial score (nSPS) is 27.2. The zero-order valence-electron chi connectivity index (χ0n) is 12.5. The molecule has 2 heteroatoms. The van der Waals surface area contributed by atoms with Gasteiger partial charge in [0.25, 0.3) is 0 Å². The molecule has 2 fully saturated rings. The number of nitrogens with zero attached hydrogens (tertiary/aromatic N) is 1. The van der Waals surface area contributed by atoms with E-state index < -0.39 is 0 Å². The summed E-state index contributed by atoms with van der Waals surface area (Å²) < 4.78 is 0. The molecular weight excluding hydrogens is 220 g/mol. The molecule has 2 aliphatic rings. The Hall–Kier alpha value is -0.0800. The first-order valence-corrected chi connectivity index (χ1v) is 8.24. The fraction of sp³-hybridized carbons (Fsp3) is 1.00. The van der Waals surface area contributed by atoms with E-state index in [9.17, 15) is 0 Å². The van der Waals surface area contributed by atoms with Gasteiger partial charge in [0.2, 0.25) is 0 Å². The highest BCUT2D eigenvalue weighted by Gasteiger charge is 2.25. The molecule has 0 aromatic carbocycles. The van der Waals surface area contributed by atoms with E-state index in [2.05, 4.69) is 24.1 Å². The first-order valence-electron chi connectivity index (χ1n) is 8.24. The highest BCUT2D eigenvalue weighted by atomic mass is 15.2. The van der Waals surface area contributed by atoms with Crippen molar-refractivity contribution in [1.82, 2.24) is 10.2 Å². The maximum atomic E-state index is 3.56. The molecule has 106 valence electrons. The Bertz CT molecular complexity index is 219. The summed E-state index contributed by atoms with van der Waals surface area (Å²) in [6, 6.07) is 0.803. The van der Waals surface area contributed by atoms with Gasteiger partial charge in [0.1, 0.15) is 0 Å². The van der Waals surface area contributed by atoms with E-state index in [0.717, 1.165) is 17.9 Å². The minimum absolute atomic E-state index is 0.803. The van der Waals surface area contributed by atoms with Crippen molar-refractivity contribution in [3.05, 3.63) is 0 Å². The van der Waals surface area contributed by atoms with Crippen molar-refractivity contribution in [3.63, 3.8) is 0 Å². The van der Waals surface area contributed by atoms with E-state index in [1.54, 1.807) is 0 Å². The van der Waals surface area contributed by atoms with E-state index in [1.165, 1.54) is 71.1 Å².